The van der Waals surface area contributed by atoms with Crippen molar-refractivity contribution in [3.8, 4) is 23.0 Å². The standard InChI is InChI=1S/C23H20FN5O3/c1-31-19-9-5-17(6-10-19)23-27-26-20-11-13-22(28-29(20)23)32-15-14-25-21(30)12-4-16-2-7-18(24)8-3-16/h2-13H,14-15H2,1H3,(H,25,30)/b12-4+. The predicted molar refractivity (Wildman–Crippen MR) is 117 cm³/mol. The van der Waals surface area contributed by atoms with Gasteiger partial charge in [-0.25, -0.2) is 4.39 Å². The lowest BCUT2D eigenvalue weighted by atomic mass is 10.2. The zero-order valence-corrected chi connectivity index (χ0v) is 17.2. The summed E-state index contributed by atoms with van der Waals surface area (Å²) in [5, 5.41) is 15.5. The summed E-state index contributed by atoms with van der Waals surface area (Å²) in [6.07, 6.45) is 2.99. The summed E-state index contributed by atoms with van der Waals surface area (Å²) in [4.78, 5) is 11.9. The first-order chi connectivity index (χ1) is 15.6. The molecule has 1 N–H and O–H groups in total. The Hall–Kier alpha value is -4.27. The van der Waals surface area contributed by atoms with Gasteiger partial charge in [0.25, 0.3) is 0 Å². The first-order valence-corrected chi connectivity index (χ1v) is 9.83. The van der Waals surface area contributed by atoms with Crippen LogP contribution in [0.15, 0.2) is 66.7 Å². The number of benzene rings is 2. The molecule has 2 aromatic carbocycles. The smallest absolute Gasteiger partial charge is 0.244 e. The molecule has 32 heavy (non-hydrogen) atoms. The summed E-state index contributed by atoms with van der Waals surface area (Å²) < 4.78 is 25.3. The molecule has 0 aliphatic carbocycles. The molecule has 0 saturated carbocycles. The van der Waals surface area contributed by atoms with E-state index in [1.54, 1.807) is 42.0 Å². The SMILES string of the molecule is COc1ccc(-c2nnc3ccc(OCCNC(=O)/C=C/c4ccc(F)cc4)nn23)cc1. The molecule has 0 saturated heterocycles. The molecule has 0 aliphatic rings. The molecule has 0 bridgehead atoms. The fourth-order valence-corrected chi connectivity index (χ4v) is 2.90. The van der Waals surface area contributed by atoms with Gasteiger partial charge in [0.05, 0.1) is 13.7 Å². The van der Waals surface area contributed by atoms with Gasteiger partial charge in [0.1, 0.15) is 18.2 Å². The normalized spacial score (nSPS) is 11.1. The summed E-state index contributed by atoms with van der Waals surface area (Å²) >= 11 is 0. The molecule has 8 nitrogen and oxygen atoms in total. The molecule has 2 aromatic heterocycles. The van der Waals surface area contributed by atoms with Gasteiger partial charge in [-0.2, -0.15) is 4.52 Å². The highest BCUT2D eigenvalue weighted by Gasteiger charge is 2.10. The minimum atomic E-state index is -0.321. The van der Waals surface area contributed by atoms with Crippen molar-refractivity contribution in [2.45, 2.75) is 0 Å². The maximum absolute atomic E-state index is 12.9. The van der Waals surface area contributed by atoms with Gasteiger partial charge < -0.3 is 14.8 Å². The number of rotatable bonds is 8. The Morgan fingerprint density at radius 3 is 2.59 bits per heavy atom. The van der Waals surface area contributed by atoms with Gasteiger partial charge in [0.2, 0.25) is 11.8 Å². The van der Waals surface area contributed by atoms with Crippen LogP contribution >= 0.6 is 0 Å². The summed E-state index contributed by atoms with van der Waals surface area (Å²) in [6.45, 7) is 0.522. The van der Waals surface area contributed by atoms with Crippen molar-refractivity contribution in [2.75, 3.05) is 20.3 Å². The highest BCUT2D eigenvalue weighted by Crippen LogP contribution is 2.21. The van der Waals surface area contributed by atoms with E-state index in [0.29, 0.717) is 23.9 Å². The maximum Gasteiger partial charge on any atom is 0.244 e. The maximum atomic E-state index is 12.9. The Morgan fingerprint density at radius 1 is 1.06 bits per heavy atom. The molecule has 1 amide bonds. The minimum Gasteiger partial charge on any atom is -0.497 e. The first kappa shape index (κ1) is 21.0. The average Bonchev–Trinajstić information content (AvgIpc) is 3.25. The second-order valence-corrected chi connectivity index (χ2v) is 6.72. The Balaban J connectivity index is 1.33. The second kappa shape index (κ2) is 9.69. The van der Waals surface area contributed by atoms with Crippen LogP contribution in [0.1, 0.15) is 5.56 Å². The molecular formula is C23H20FN5O3. The highest BCUT2D eigenvalue weighted by atomic mass is 19.1. The Labute approximate surface area is 183 Å². The lowest BCUT2D eigenvalue weighted by molar-refractivity contribution is -0.116. The topological polar surface area (TPSA) is 90.6 Å². The van der Waals surface area contributed by atoms with Crippen LogP contribution in [0, 0.1) is 5.82 Å². The van der Waals surface area contributed by atoms with Crippen LogP contribution in [0.5, 0.6) is 11.6 Å². The number of hydrogen-bond donors (Lipinski definition) is 1. The van der Waals surface area contributed by atoms with Gasteiger partial charge >= 0.3 is 0 Å². The largest absolute Gasteiger partial charge is 0.497 e. The Kier molecular flexibility index (Phi) is 6.35. The van der Waals surface area contributed by atoms with Gasteiger partial charge in [-0.3, -0.25) is 4.79 Å². The number of carbonyl (C=O) groups is 1. The van der Waals surface area contributed by atoms with Crippen molar-refractivity contribution >= 4 is 17.6 Å². The summed E-state index contributed by atoms with van der Waals surface area (Å²) in [7, 11) is 1.61. The monoisotopic (exact) mass is 433 g/mol. The fourth-order valence-electron chi connectivity index (χ4n) is 2.90. The summed E-state index contributed by atoms with van der Waals surface area (Å²) in [5.41, 5.74) is 2.16. The average molecular weight is 433 g/mol. The van der Waals surface area contributed by atoms with E-state index in [1.165, 1.54) is 18.2 Å². The third-order valence-electron chi connectivity index (χ3n) is 4.53. The van der Waals surface area contributed by atoms with Gasteiger partial charge in [-0.15, -0.1) is 15.3 Å². The van der Waals surface area contributed by atoms with Gasteiger partial charge in [0.15, 0.2) is 11.5 Å². The number of nitrogens with zero attached hydrogens (tertiary/aromatic N) is 4. The van der Waals surface area contributed by atoms with Crippen molar-refractivity contribution in [2.24, 2.45) is 0 Å². The van der Waals surface area contributed by atoms with Crippen LogP contribution in [-0.2, 0) is 4.79 Å². The van der Waals surface area contributed by atoms with Crippen molar-refractivity contribution in [1.82, 2.24) is 25.1 Å². The molecule has 2 heterocycles. The van der Waals surface area contributed by atoms with Crippen LogP contribution in [-0.4, -0.2) is 46.0 Å². The molecule has 0 aliphatic heterocycles. The molecule has 0 spiro atoms. The zero-order chi connectivity index (χ0) is 22.3. The third-order valence-corrected chi connectivity index (χ3v) is 4.53. The van der Waals surface area contributed by atoms with Gasteiger partial charge in [-0.1, -0.05) is 12.1 Å². The van der Waals surface area contributed by atoms with E-state index in [2.05, 4.69) is 20.6 Å². The Bertz CT molecular complexity index is 1240. The van der Waals surface area contributed by atoms with Gasteiger partial charge in [-0.05, 0) is 54.1 Å². The number of aromatic nitrogens is 4. The number of halogens is 1. The number of amides is 1. The van der Waals surface area contributed by atoms with E-state index in [-0.39, 0.29) is 18.3 Å². The molecule has 0 unspecified atom stereocenters. The van der Waals surface area contributed by atoms with Crippen molar-refractivity contribution < 1.29 is 18.7 Å². The molecular weight excluding hydrogens is 413 g/mol. The molecule has 0 radical (unpaired) electrons. The van der Waals surface area contributed by atoms with E-state index in [9.17, 15) is 9.18 Å². The van der Waals surface area contributed by atoms with E-state index >= 15 is 0 Å². The van der Waals surface area contributed by atoms with E-state index < -0.39 is 0 Å². The fraction of sp³-hybridized carbons (Fsp3) is 0.130. The van der Waals surface area contributed by atoms with E-state index in [0.717, 1.165) is 16.9 Å². The first-order valence-electron chi connectivity index (χ1n) is 9.83. The minimum absolute atomic E-state index is 0.231. The van der Waals surface area contributed by atoms with Gasteiger partial charge in [0, 0.05) is 17.7 Å². The lowest BCUT2D eigenvalue weighted by Crippen LogP contribution is -2.26. The van der Waals surface area contributed by atoms with E-state index in [4.69, 9.17) is 9.47 Å². The van der Waals surface area contributed by atoms with Crippen molar-refractivity contribution in [3.05, 3.63) is 78.1 Å². The van der Waals surface area contributed by atoms with Crippen LogP contribution in [0.2, 0.25) is 0 Å². The summed E-state index contributed by atoms with van der Waals surface area (Å²) in [6, 6.07) is 16.7. The van der Waals surface area contributed by atoms with Crippen molar-refractivity contribution in [3.63, 3.8) is 0 Å². The van der Waals surface area contributed by atoms with Crippen LogP contribution in [0.4, 0.5) is 4.39 Å². The predicted octanol–water partition coefficient (Wildman–Crippen LogP) is 3.15. The Morgan fingerprint density at radius 2 is 1.84 bits per heavy atom. The van der Waals surface area contributed by atoms with Crippen molar-refractivity contribution in [1.29, 1.82) is 0 Å². The second-order valence-electron chi connectivity index (χ2n) is 6.72. The molecule has 4 aromatic rings. The van der Waals surface area contributed by atoms with Crippen LogP contribution in [0.25, 0.3) is 23.1 Å². The van der Waals surface area contributed by atoms with E-state index in [1.807, 2.05) is 24.3 Å². The third kappa shape index (κ3) is 5.07. The zero-order valence-electron chi connectivity index (χ0n) is 17.2. The number of fused-ring (bicyclic) bond motifs is 1. The molecule has 4 rings (SSSR count). The molecule has 0 fully saturated rings. The number of methoxy groups -OCH3 is 1. The number of hydrogen-bond acceptors (Lipinski definition) is 6. The quantitative estimate of drug-likeness (QED) is 0.339. The number of ether oxygens (including phenoxy) is 2. The van der Waals surface area contributed by atoms with Crippen LogP contribution in [0.3, 0.4) is 0 Å². The molecule has 9 heteroatoms. The molecule has 162 valence electrons. The van der Waals surface area contributed by atoms with Crippen LogP contribution < -0.4 is 14.8 Å². The number of carbonyl (C=O) groups excluding carboxylic acids is 1. The highest BCUT2D eigenvalue weighted by molar-refractivity contribution is 5.91. The molecule has 0 atom stereocenters. The number of nitrogens with one attached hydrogen (secondary N) is 1. The summed E-state index contributed by atoms with van der Waals surface area (Å²) in [5.74, 6) is 1.10. The lowest BCUT2D eigenvalue weighted by Gasteiger charge is -2.07.